The molecular formula is C31H34N4O6. The number of nitrogens with one attached hydrogen (secondary N) is 2. The predicted octanol–water partition coefficient (Wildman–Crippen LogP) is 2.95. The second-order valence-electron chi connectivity index (χ2n) is 10.8. The Morgan fingerprint density at radius 1 is 1.02 bits per heavy atom. The maximum atomic E-state index is 13.6. The van der Waals surface area contributed by atoms with Crippen LogP contribution < -0.4 is 29.6 Å². The molecule has 1 aromatic heterocycles. The van der Waals surface area contributed by atoms with Gasteiger partial charge in [-0.15, -0.1) is 0 Å². The van der Waals surface area contributed by atoms with Gasteiger partial charge >= 0.3 is 0 Å². The fraction of sp³-hybridized carbons (Fsp3) is 0.387. The van der Waals surface area contributed by atoms with Crippen LogP contribution in [0.1, 0.15) is 34.3 Å². The molecule has 1 saturated carbocycles. The normalized spacial score (nSPS) is 21.1. The van der Waals surface area contributed by atoms with Crippen molar-refractivity contribution in [2.45, 2.75) is 38.1 Å². The third kappa shape index (κ3) is 7.07. The Balaban J connectivity index is 1.25. The number of benzene rings is 2. The molecule has 41 heavy (non-hydrogen) atoms. The first-order valence-electron chi connectivity index (χ1n) is 14.0. The van der Waals surface area contributed by atoms with Crippen LogP contribution in [0.3, 0.4) is 0 Å². The quantitative estimate of drug-likeness (QED) is 0.475. The number of ether oxygens (including phenoxy) is 4. The highest BCUT2D eigenvalue weighted by Gasteiger charge is 2.36. The van der Waals surface area contributed by atoms with Gasteiger partial charge in [0.15, 0.2) is 6.61 Å². The summed E-state index contributed by atoms with van der Waals surface area (Å²) in [5, 5.41) is 6.06. The largest absolute Gasteiger partial charge is 0.493 e. The summed E-state index contributed by atoms with van der Waals surface area (Å²) in [6, 6.07) is 16.3. The van der Waals surface area contributed by atoms with Crippen LogP contribution in [-0.4, -0.2) is 67.3 Å². The van der Waals surface area contributed by atoms with Gasteiger partial charge in [-0.1, -0.05) is 18.2 Å². The van der Waals surface area contributed by atoms with E-state index >= 15 is 0 Å². The van der Waals surface area contributed by atoms with Crippen LogP contribution in [0.5, 0.6) is 23.1 Å². The maximum absolute atomic E-state index is 13.6. The minimum absolute atomic E-state index is 0.172. The number of nitrogens with zero attached hydrogens (tertiary/aromatic N) is 2. The van der Waals surface area contributed by atoms with Gasteiger partial charge in [-0.2, -0.15) is 0 Å². The zero-order chi connectivity index (χ0) is 28.2. The van der Waals surface area contributed by atoms with E-state index in [0.717, 1.165) is 24.0 Å². The first kappa shape index (κ1) is 26.9. The Morgan fingerprint density at radius 3 is 2.63 bits per heavy atom. The molecule has 4 heterocycles. The number of rotatable bonds is 6. The summed E-state index contributed by atoms with van der Waals surface area (Å²) < 4.78 is 23.4. The van der Waals surface area contributed by atoms with E-state index in [1.807, 2.05) is 36.4 Å². The van der Waals surface area contributed by atoms with Crippen molar-refractivity contribution in [1.29, 1.82) is 0 Å². The van der Waals surface area contributed by atoms with Gasteiger partial charge in [-0.3, -0.25) is 14.5 Å². The summed E-state index contributed by atoms with van der Waals surface area (Å²) in [7, 11) is 1.59. The molecule has 1 saturated heterocycles. The molecule has 3 aliphatic heterocycles. The zero-order valence-corrected chi connectivity index (χ0v) is 23.0. The average molecular weight is 559 g/mol. The molecule has 10 heteroatoms. The number of hydrogen-bond acceptors (Lipinski definition) is 8. The van der Waals surface area contributed by atoms with Crippen molar-refractivity contribution in [3.8, 4) is 23.1 Å². The second-order valence-corrected chi connectivity index (χ2v) is 10.8. The Morgan fingerprint density at radius 2 is 1.88 bits per heavy atom. The minimum Gasteiger partial charge on any atom is -0.493 e. The number of carbonyl (C=O) groups excluding carboxylic acids is 2. The summed E-state index contributed by atoms with van der Waals surface area (Å²) in [5.41, 5.74) is 2.39. The Labute approximate surface area is 238 Å². The lowest BCUT2D eigenvalue weighted by atomic mass is 10.1. The average Bonchev–Trinajstić information content (AvgIpc) is 3.75. The zero-order valence-electron chi connectivity index (χ0n) is 23.0. The van der Waals surface area contributed by atoms with Crippen LogP contribution in [-0.2, 0) is 17.9 Å². The molecule has 10 nitrogen and oxygen atoms in total. The van der Waals surface area contributed by atoms with Gasteiger partial charge in [0.2, 0.25) is 5.88 Å². The van der Waals surface area contributed by atoms with Crippen LogP contribution in [0, 0.1) is 5.92 Å². The maximum Gasteiger partial charge on any atom is 0.258 e. The Hall–Kier alpha value is -4.31. The molecule has 2 N–H and O–H groups in total. The molecule has 2 amide bonds. The van der Waals surface area contributed by atoms with Crippen LogP contribution in [0.2, 0.25) is 0 Å². The number of aromatic nitrogens is 1. The topological polar surface area (TPSA) is 111 Å². The van der Waals surface area contributed by atoms with Gasteiger partial charge in [0.1, 0.15) is 23.4 Å². The van der Waals surface area contributed by atoms with E-state index in [-0.39, 0.29) is 30.6 Å². The van der Waals surface area contributed by atoms with Crippen molar-refractivity contribution in [3.63, 3.8) is 0 Å². The molecule has 0 unspecified atom stereocenters. The van der Waals surface area contributed by atoms with E-state index in [1.165, 1.54) is 0 Å². The Kier molecular flexibility index (Phi) is 7.91. The monoisotopic (exact) mass is 558 g/mol. The van der Waals surface area contributed by atoms with Crippen molar-refractivity contribution >= 4 is 11.8 Å². The summed E-state index contributed by atoms with van der Waals surface area (Å²) >= 11 is 0. The van der Waals surface area contributed by atoms with E-state index in [4.69, 9.17) is 18.9 Å². The van der Waals surface area contributed by atoms with E-state index in [1.54, 1.807) is 31.5 Å². The molecular weight excluding hydrogens is 524 g/mol. The molecule has 0 radical (unpaired) electrons. The van der Waals surface area contributed by atoms with Crippen molar-refractivity contribution in [1.82, 2.24) is 20.5 Å². The highest BCUT2D eigenvalue weighted by Crippen LogP contribution is 2.31. The van der Waals surface area contributed by atoms with Crippen molar-refractivity contribution in [3.05, 3.63) is 77.5 Å². The molecule has 4 bridgehead atoms. The SMILES string of the molecule is COc1ccc(CN2C[C@@H]3NC(=O)c4cc(cc(OCC5CC5)c4)OCC(=O)NCc4ccc(cc4)O[C@H]3C2)cn1. The van der Waals surface area contributed by atoms with Crippen molar-refractivity contribution < 1.29 is 28.5 Å². The number of pyridine rings is 1. The number of carbonyl (C=O) groups is 2. The van der Waals surface area contributed by atoms with Gasteiger partial charge in [0.05, 0.1) is 19.8 Å². The van der Waals surface area contributed by atoms with Gasteiger partial charge in [-0.25, -0.2) is 4.98 Å². The molecule has 214 valence electrons. The molecule has 1 aliphatic carbocycles. The highest BCUT2D eigenvalue weighted by atomic mass is 16.5. The number of hydrogen-bond donors (Lipinski definition) is 2. The fourth-order valence-corrected chi connectivity index (χ4v) is 5.00. The predicted molar refractivity (Wildman–Crippen MR) is 150 cm³/mol. The van der Waals surface area contributed by atoms with E-state index in [9.17, 15) is 9.59 Å². The lowest BCUT2D eigenvalue weighted by Gasteiger charge is -2.22. The van der Waals surface area contributed by atoms with Gasteiger partial charge in [0.25, 0.3) is 11.8 Å². The molecule has 3 aromatic rings. The molecule has 2 atom stereocenters. The number of methoxy groups -OCH3 is 1. The third-order valence-electron chi connectivity index (χ3n) is 7.47. The first-order valence-corrected chi connectivity index (χ1v) is 14.0. The van der Waals surface area contributed by atoms with Gasteiger partial charge in [0, 0.05) is 50.1 Å². The van der Waals surface area contributed by atoms with E-state index < -0.39 is 0 Å². The second kappa shape index (κ2) is 12.1. The first-order chi connectivity index (χ1) is 20.0. The van der Waals surface area contributed by atoms with Gasteiger partial charge < -0.3 is 29.6 Å². The van der Waals surface area contributed by atoms with Crippen molar-refractivity contribution in [2.75, 3.05) is 33.4 Å². The van der Waals surface area contributed by atoms with Gasteiger partial charge in [-0.05, 0) is 54.2 Å². The fourth-order valence-electron chi connectivity index (χ4n) is 5.00. The molecule has 2 aromatic carbocycles. The van der Waals surface area contributed by atoms with Crippen molar-refractivity contribution in [2.24, 2.45) is 5.92 Å². The van der Waals surface area contributed by atoms with Crippen LogP contribution in [0.15, 0.2) is 60.8 Å². The summed E-state index contributed by atoms with van der Waals surface area (Å²) in [6.45, 7) is 2.66. The molecule has 4 aliphatic rings. The third-order valence-corrected chi connectivity index (χ3v) is 7.47. The lowest BCUT2D eigenvalue weighted by Crippen LogP contribution is -2.45. The lowest BCUT2D eigenvalue weighted by molar-refractivity contribution is -0.123. The number of amides is 2. The van der Waals surface area contributed by atoms with E-state index in [0.29, 0.717) is 67.4 Å². The van der Waals surface area contributed by atoms with E-state index in [2.05, 4.69) is 20.5 Å². The smallest absolute Gasteiger partial charge is 0.258 e. The Bertz CT molecular complexity index is 1380. The minimum atomic E-state index is -0.281. The van der Waals surface area contributed by atoms with Crippen LogP contribution in [0.25, 0.3) is 0 Å². The van der Waals surface area contributed by atoms with Crippen LogP contribution in [0.4, 0.5) is 0 Å². The molecule has 7 rings (SSSR count). The standard InChI is InChI=1S/C31H34N4O6/c1-38-30-9-6-22(14-33-30)15-35-16-27-28(17-35)41-24-7-4-20(5-8-24)13-32-29(36)19-40-26-11-23(31(37)34-27)10-25(12-26)39-18-21-2-3-21/h4-12,14,21,27-28H,2-3,13,15-19H2,1H3,(H,32,36)(H,34,37)/t27-,28-/m0/s1. The number of likely N-dealkylation sites (tertiary alicyclic amines) is 1. The summed E-state index contributed by atoms with van der Waals surface area (Å²) in [4.78, 5) is 32.6. The molecule has 0 spiro atoms. The number of fused-ring (bicyclic) bond motifs is 7. The van der Waals surface area contributed by atoms with Crippen LogP contribution >= 0.6 is 0 Å². The highest BCUT2D eigenvalue weighted by molar-refractivity contribution is 5.95. The summed E-state index contributed by atoms with van der Waals surface area (Å²) in [5.74, 6) is 2.24. The summed E-state index contributed by atoms with van der Waals surface area (Å²) in [6.07, 6.45) is 3.82. The molecule has 2 fully saturated rings.